The molecule has 0 fully saturated rings. The Morgan fingerprint density at radius 2 is 1.97 bits per heavy atom. The molecule has 0 radical (unpaired) electrons. The number of hydrogen-bond acceptors (Lipinski definition) is 5. The SMILES string of the molecule is CCn1nc(-c2cc(O[C@@H](C)C(F)(F)F)c(C(=O)Nc3c(F)cccc3Cl)cc2F)nc1CO. The molecule has 7 nitrogen and oxygen atoms in total. The maximum absolute atomic E-state index is 15.0. The number of alkyl halides is 3. The molecule has 34 heavy (non-hydrogen) atoms. The minimum atomic E-state index is -4.80. The van der Waals surface area contributed by atoms with Gasteiger partial charge in [0.1, 0.15) is 24.0 Å². The van der Waals surface area contributed by atoms with E-state index in [2.05, 4.69) is 15.4 Å². The van der Waals surface area contributed by atoms with Gasteiger partial charge in [0.2, 0.25) is 0 Å². The van der Waals surface area contributed by atoms with Gasteiger partial charge in [-0.2, -0.15) is 18.3 Å². The van der Waals surface area contributed by atoms with Crippen molar-refractivity contribution in [3.63, 3.8) is 0 Å². The van der Waals surface area contributed by atoms with Crippen LogP contribution in [0.3, 0.4) is 0 Å². The van der Waals surface area contributed by atoms with Crippen LogP contribution < -0.4 is 10.1 Å². The van der Waals surface area contributed by atoms with Crippen LogP contribution >= 0.6 is 11.6 Å². The molecular weight excluding hydrogens is 487 g/mol. The molecule has 2 N–H and O–H groups in total. The van der Waals surface area contributed by atoms with E-state index in [1.165, 1.54) is 16.8 Å². The number of anilines is 1. The van der Waals surface area contributed by atoms with E-state index in [4.69, 9.17) is 16.3 Å². The topological polar surface area (TPSA) is 89.3 Å². The van der Waals surface area contributed by atoms with Crippen molar-refractivity contribution < 1.29 is 36.6 Å². The first-order valence-electron chi connectivity index (χ1n) is 9.83. The van der Waals surface area contributed by atoms with E-state index < -0.39 is 53.4 Å². The lowest BCUT2D eigenvalue weighted by Gasteiger charge is -2.20. The molecule has 0 aliphatic rings. The first-order chi connectivity index (χ1) is 16.0. The van der Waals surface area contributed by atoms with Crippen LogP contribution in [0.2, 0.25) is 5.02 Å². The molecule has 0 spiro atoms. The third kappa shape index (κ3) is 5.28. The Balaban J connectivity index is 2.10. The van der Waals surface area contributed by atoms with Crippen molar-refractivity contribution in [1.82, 2.24) is 14.8 Å². The summed E-state index contributed by atoms with van der Waals surface area (Å²) in [4.78, 5) is 16.8. The number of amides is 1. The summed E-state index contributed by atoms with van der Waals surface area (Å²) in [7, 11) is 0. The van der Waals surface area contributed by atoms with Crippen molar-refractivity contribution in [3.05, 3.63) is 58.4 Å². The molecule has 0 saturated carbocycles. The van der Waals surface area contributed by atoms with Gasteiger partial charge in [-0.15, -0.1) is 0 Å². The van der Waals surface area contributed by atoms with Gasteiger partial charge >= 0.3 is 6.18 Å². The Kier molecular flexibility index (Phi) is 7.41. The third-order valence-corrected chi connectivity index (χ3v) is 5.03. The lowest BCUT2D eigenvalue weighted by Crippen LogP contribution is -2.32. The van der Waals surface area contributed by atoms with Gasteiger partial charge in [-0.05, 0) is 38.1 Å². The van der Waals surface area contributed by atoms with E-state index in [1.54, 1.807) is 6.92 Å². The highest BCUT2D eigenvalue weighted by atomic mass is 35.5. The maximum atomic E-state index is 15.0. The minimum absolute atomic E-state index is 0.0963. The monoisotopic (exact) mass is 504 g/mol. The van der Waals surface area contributed by atoms with Crippen LogP contribution in [0.5, 0.6) is 5.75 Å². The second kappa shape index (κ2) is 9.94. The summed E-state index contributed by atoms with van der Waals surface area (Å²) in [6.07, 6.45) is -7.17. The van der Waals surface area contributed by atoms with Crippen LogP contribution in [0, 0.1) is 11.6 Å². The number of halogens is 6. The fraction of sp³-hybridized carbons (Fsp3) is 0.286. The number of nitrogens with zero attached hydrogens (tertiary/aromatic N) is 3. The van der Waals surface area contributed by atoms with Crippen molar-refractivity contribution in [3.8, 4) is 17.1 Å². The number of aromatic nitrogens is 3. The van der Waals surface area contributed by atoms with Gasteiger partial charge in [0.05, 0.1) is 21.8 Å². The average molecular weight is 505 g/mol. The summed E-state index contributed by atoms with van der Waals surface area (Å²) in [5.41, 5.74) is -1.45. The van der Waals surface area contributed by atoms with Crippen LogP contribution in [0.25, 0.3) is 11.4 Å². The third-order valence-electron chi connectivity index (χ3n) is 4.71. The van der Waals surface area contributed by atoms with Crippen molar-refractivity contribution in [2.24, 2.45) is 0 Å². The number of aliphatic hydroxyl groups excluding tert-OH is 1. The molecule has 1 atom stereocenters. The number of aliphatic hydroxyl groups is 1. The molecule has 3 aromatic rings. The highest BCUT2D eigenvalue weighted by Gasteiger charge is 2.39. The van der Waals surface area contributed by atoms with Crippen molar-refractivity contribution in [1.29, 1.82) is 0 Å². The van der Waals surface area contributed by atoms with Crippen LogP contribution in [0.1, 0.15) is 30.0 Å². The molecule has 1 heterocycles. The summed E-state index contributed by atoms with van der Waals surface area (Å²) in [6, 6.07) is 5.03. The van der Waals surface area contributed by atoms with E-state index >= 15 is 0 Å². The molecule has 0 aliphatic carbocycles. The highest BCUT2D eigenvalue weighted by Crippen LogP contribution is 2.34. The number of carbonyl (C=O) groups excluding carboxylic acids is 1. The number of aryl methyl sites for hydroxylation is 1. The number of ether oxygens (including phenoxy) is 1. The summed E-state index contributed by atoms with van der Waals surface area (Å²) >= 11 is 5.88. The van der Waals surface area contributed by atoms with Gasteiger partial charge in [0.15, 0.2) is 17.8 Å². The van der Waals surface area contributed by atoms with Crippen molar-refractivity contribution >= 4 is 23.2 Å². The zero-order valence-corrected chi connectivity index (χ0v) is 18.5. The van der Waals surface area contributed by atoms with Crippen molar-refractivity contribution in [2.45, 2.75) is 39.3 Å². The molecule has 0 saturated heterocycles. The smallest absolute Gasteiger partial charge is 0.425 e. The fourth-order valence-corrected chi connectivity index (χ4v) is 3.12. The van der Waals surface area contributed by atoms with E-state index in [0.29, 0.717) is 13.0 Å². The van der Waals surface area contributed by atoms with Gasteiger partial charge in [-0.3, -0.25) is 4.79 Å². The summed E-state index contributed by atoms with van der Waals surface area (Å²) in [5.74, 6) is -3.92. The lowest BCUT2D eigenvalue weighted by atomic mass is 10.1. The van der Waals surface area contributed by atoms with E-state index in [1.807, 2.05) is 0 Å². The predicted molar refractivity (Wildman–Crippen MR) is 113 cm³/mol. The number of nitrogens with one attached hydrogen (secondary N) is 1. The Morgan fingerprint density at radius 1 is 1.26 bits per heavy atom. The number of benzene rings is 2. The number of rotatable bonds is 7. The second-order valence-corrected chi connectivity index (χ2v) is 7.41. The van der Waals surface area contributed by atoms with E-state index in [9.17, 15) is 31.9 Å². The summed E-state index contributed by atoms with van der Waals surface area (Å²) in [5, 5.41) is 15.4. The zero-order chi connectivity index (χ0) is 25.2. The molecule has 2 aromatic carbocycles. The first kappa shape index (κ1) is 25.4. The molecule has 3 rings (SSSR count). The van der Waals surface area contributed by atoms with Gasteiger partial charge in [0.25, 0.3) is 5.91 Å². The molecular formula is C21H18ClF5N4O3. The first-order valence-corrected chi connectivity index (χ1v) is 10.2. The Hall–Kier alpha value is -3.25. The largest absolute Gasteiger partial charge is 0.480 e. The number of carbonyl (C=O) groups is 1. The molecule has 182 valence electrons. The van der Waals surface area contributed by atoms with Crippen LogP contribution in [0.4, 0.5) is 27.6 Å². The molecule has 0 bridgehead atoms. The number of para-hydroxylation sites is 1. The molecule has 13 heteroatoms. The number of hydrogen-bond donors (Lipinski definition) is 2. The molecule has 1 aromatic heterocycles. The second-order valence-electron chi connectivity index (χ2n) is 7.01. The zero-order valence-electron chi connectivity index (χ0n) is 17.8. The van der Waals surface area contributed by atoms with Crippen LogP contribution in [0.15, 0.2) is 30.3 Å². The predicted octanol–water partition coefficient (Wildman–Crippen LogP) is 4.97. The van der Waals surface area contributed by atoms with E-state index in [-0.39, 0.29) is 28.8 Å². The summed E-state index contributed by atoms with van der Waals surface area (Å²) in [6.45, 7) is 2.16. The Morgan fingerprint density at radius 3 is 2.53 bits per heavy atom. The fourth-order valence-electron chi connectivity index (χ4n) is 2.91. The summed E-state index contributed by atoms with van der Waals surface area (Å²) < 4.78 is 74.7. The van der Waals surface area contributed by atoms with Gasteiger partial charge < -0.3 is 15.2 Å². The molecule has 0 unspecified atom stereocenters. The molecule has 0 aliphatic heterocycles. The standard InChI is InChI=1S/C21H18ClF5N4O3/c1-3-31-17(9-32)28-19(30-31)11-8-16(34-10(2)21(25,26)27)12(7-15(11)24)20(33)29-18-13(22)5-4-6-14(18)23/h4-8,10,32H,3,9H2,1-2H3,(H,29,33)/t10-/m0/s1. The quantitative estimate of drug-likeness (QED) is 0.443. The van der Waals surface area contributed by atoms with Gasteiger partial charge in [-0.25, -0.2) is 18.4 Å². The average Bonchev–Trinajstić information content (AvgIpc) is 3.19. The van der Waals surface area contributed by atoms with Crippen molar-refractivity contribution in [2.75, 3.05) is 5.32 Å². The Labute approximate surface area is 195 Å². The maximum Gasteiger partial charge on any atom is 0.425 e. The lowest BCUT2D eigenvalue weighted by molar-refractivity contribution is -0.189. The molecule has 1 amide bonds. The normalized spacial score (nSPS) is 12.5. The van der Waals surface area contributed by atoms with Crippen LogP contribution in [-0.4, -0.2) is 38.1 Å². The highest BCUT2D eigenvalue weighted by molar-refractivity contribution is 6.34. The van der Waals surface area contributed by atoms with Gasteiger partial charge in [-0.1, -0.05) is 17.7 Å². The Bertz CT molecular complexity index is 1170. The van der Waals surface area contributed by atoms with Crippen LogP contribution in [-0.2, 0) is 13.2 Å². The minimum Gasteiger partial charge on any atom is -0.480 e. The van der Waals surface area contributed by atoms with Gasteiger partial charge in [0, 0.05) is 6.54 Å². The van der Waals surface area contributed by atoms with E-state index in [0.717, 1.165) is 12.1 Å².